The number of nitrogens with one attached hydrogen (secondary N) is 1. The number of ether oxygens (including phenoxy) is 1. The molecule has 0 saturated carbocycles. The largest absolute Gasteiger partial charge is 0.485 e. The van der Waals surface area contributed by atoms with E-state index in [1.807, 2.05) is 60.4 Å². The van der Waals surface area contributed by atoms with E-state index in [0.29, 0.717) is 27.9 Å². The number of piperazine rings is 1. The number of aromatic nitrogens is 6. The lowest BCUT2D eigenvalue weighted by Crippen LogP contribution is -2.51. The second kappa shape index (κ2) is 15.9. The summed E-state index contributed by atoms with van der Waals surface area (Å²) in [6, 6.07) is 19.4. The first kappa shape index (κ1) is 39.1. The third-order valence-corrected chi connectivity index (χ3v) is 10.4. The number of alkyl halides is 3. The molecule has 2 amide bonds. The van der Waals surface area contributed by atoms with Crippen LogP contribution in [-0.4, -0.2) is 72.0 Å². The van der Waals surface area contributed by atoms with Crippen molar-refractivity contribution < 1.29 is 31.9 Å². The minimum Gasteiger partial charge on any atom is -0.485 e. The maximum Gasteiger partial charge on any atom is 0.416 e. The molecule has 59 heavy (non-hydrogen) atoms. The van der Waals surface area contributed by atoms with Gasteiger partial charge in [0.1, 0.15) is 37.0 Å². The van der Waals surface area contributed by atoms with Crippen molar-refractivity contribution in [3.63, 3.8) is 0 Å². The van der Waals surface area contributed by atoms with Crippen LogP contribution >= 0.6 is 11.6 Å². The molecule has 14 nitrogen and oxygen atoms in total. The van der Waals surface area contributed by atoms with Crippen LogP contribution in [0.2, 0.25) is 5.02 Å². The third kappa shape index (κ3) is 7.68. The molecule has 1 saturated heterocycles. The first-order valence-electron chi connectivity index (χ1n) is 18.6. The summed E-state index contributed by atoms with van der Waals surface area (Å²) in [5.41, 5.74) is 1.88. The van der Waals surface area contributed by atoms with Gasteiger partial charge >= 0.3 is 6.18 Å². The summed E-state index contributed by atoms with van der Waals surface area (Å²) in [5.74, 6) is -0.480. The van der Waals surface area contributed by atoms with E-state index in [1.54, 1.807) is 22.5 Å². The number of benzene rings is 3. The van der Waals surface area contributed by atoms with Crippen LogP contribution in [0.1, 0.15) is 39.9 Å². The van der Waals surface area contributed by atoms with Crippen LogP contribution in [0, 0.1) is 6.92 Å². The molecule has 4 aromatic heterocycles. The molecule has 302 valence electrons. The van der Waals surface area contributed by atoms with Crippen molar-refractivity contribution in [1.29, 1.82) is 0 Å². The summed E-state index contributed by atoms with van der Waals surface area (Å²) in [5, 5.41) is 7.62. The van der Waals surface area contributed by atoms with Crippen molar-refractivity contribution in [2.45, 2.75) is 39.6 Å². The third-order valence-electron chi connectivity index (χ3n) is 10.0. The second-order valence-electron chi connectivity index (χ2n) is 13.8. The molecule has 0 unspecified atom stereocenters. The van der Waals surface area contributed by atoms with Gasteiger partial charge in [-0.1, -0.05) is 67.1 Å². The van der Waals surface area contributed by atoms with Crippen LogP contribution in [0.25, 0.3) is 28.1 Å². The molecule has 8 rings (SSSR count). The Morgan fingerprint density at radius 3 is 2.46 bits per heavy atom. The lowest BCUT2D eigenvalue weighted by molar-refractivity contribution is -0.137. The second-order valence-corrected chi connectivity index (χ2v) is 14.2. The van der Waals surface area contributed by atoms with Gasteiger partial charge < -0.3 is 28.8 Å². The minimum atomic E-state index is -4.63. The predicted octanol–water partition coefficient (Wildman–Crippen LogP) is 6.82. The van der Waals surface area contributed by atoms with Gasteiger partial charge in [-0.05, 0) is 43.2 Å². The van der Waals surface area contributed by atoms with Crippen molar-refractivity contribution in [2.75, 3.05) is 36.4 Å². The first-order chi connectivity index (χ1) is 28.4. The van der Waals surface area contributed by atoms with Gasteiger partial charge in [0.25, 0.3) is 11.5 Å². The van der Waals surface area contributed by atoms with Crippen LogP contribution in [0.5, 0.6) is 5.75 Å². The summed E-state index contributed by atoms with van der Waals surface area (Å²) in [6.07, 6.45) is -1.55. The Balaban J connectivity index is 1.12. The highest BCUT2D eigenvalue weighted by molar-refractivity contribution is 6.33. The molecule has 3 aromatic carbocycles. The molecular weight excluding hydrogens is 791 g/mol. The maximum absolute atomic E-state index is 14.5. The van der Waals surface area contributed by atoms with Crippen molar-refractivity contribution >= 4 is 51.5 Å². The Labute approximate surface area is 338 Å². The van der Waals surface area contributed by atoms with Crippen LogP contribution in [0.3, 0.4) is 0 Å². The quantitative estimate of drug-likeness (QED) is 0.156. The number of hydrogen-bond acceptors (Lipinski definition) is 10. The molecule has 5 heterocycles. The fraction of sp³-hybridized carbons (Fsp3) is 0.244. The molecular formula is C41H35ClF3N9O5. The Hall–Kier alpha value is -6.75. The zero-order valence-corrected chi connectivity index (χ0v) is 32.4. The number of fused-ring (bicyclic) bond motifs is 2. The highest BCUT2D eigenvalue weighted by atomic mass is 35.5. The number of carbonyl (C=O) groups excluding carboxylic acids is 2. The van der Waals surface area contributed by atoms with Gasteiger partial charge in [0.2, 0.25) is 11.7 Å². The number of hydrogen-bond donors (Lipinski definition) is 1. The van der Waals surface area contributed by atoms with E-state index in [4.69, 9.17) is 25.7 Å². The SMILES string of the molecule is CCc1c(N2CCN(C(=O)c3ncnc(C)c3OCc3ccccc3)CC2)c(=O)n2nc(-c3coc4ccccc34)nc2n1CC(=O)Nc1ccc(C(F)(F)F)cc1Cl. The Kier molecular flexibility index (Phi) is 10.5. The normalized spacial score (nSPS) is 13.3. The maximum atomic E-state index is 14.5. The van der Waals surface area contributed by atoms with Crippen LogP contribution in [0.4, 0.5) is 24.5 Å². The summed E-state index contributed by atoms with van der Waals surface area (Å²) in [6.45, 7) is 4.30. The van der Waals surface area contributed by atoms with Gasteiger partial charge in [0, 0.05) is 31.6 Å². The number of halogens is 4. The molecule has 0 atom stereocenters. The lowest BCUT2D eigenvalue weighted by atomic mass is 10.2. The van der Waals surface area contributed by atoms with Crippen molar-refractivity contribution in [1.82, 2.24) is 34.0 Å². The number of para-hydroxylation sites is 1. The van der Waals surface area contributed by atoms with Gasteiger partial charge in [-0.15, -0.1) is 5.10 Å². The summed E-state index contributed by atoms with van der Waals surface area (Å²) < 4.78 is 54.4. The highest BCUT2D eigenvalue weighted by Gasteiger charge is 2.33. The van der Waals surface area contributed by atoms with Gasteiger partial charge in [0.15, 0.2) is 17.3 Å². The van der Waals surface area contributed by atoms with E-state index in [9.17, 15) is 27.6 Å². The number of carbonyl (C=O) groups is 2. The molecule has 7 aromatic rings. The number of nitrogens with zero attached hydrogens (tertiary/aromatic N) is 8. The van der Waals surface area contributed by atoms with Crippen molar-refractivity contribution in [2.24, 2.45) is 0 Å². The van der Waals surface area contributed by atoms with E-state index in [0.717, 1.165) is 28.3 Å². The predicted molar refractivity (Wildman–Crippen MR) is 213 cm³/mol. The average molecular weight is 826 g/mol. The fourth-order valence-electron chi connectivity index (χ4n) is 7.12. The van der Waals surface area contributed by atoms with Crippen LogP contribution in [0.15, 0.2) is 94.6 Å². The molecule has 0 spiro atoms. The lowest BCUT2D eigenvalue weighted by Gasteiger charge is -2.36. The molecule has 0 radical (unpaired) electrons. The standard InChI is InChI=1S/C41H35ClF3N9O5/c1-3-31-35(51-15-17-52(18-16-51)38(56)34-36(24(2)46-23-47-34)59-21-25-9-5-4-6-10-25)39(57)54-40(49-37(50-54)28-22-58-32-12-8-7-11-27(28)32)53(31)20-33(55)48-30-14-13-26(19-29(30)42)41(43,44)45/h4-14,19,22-23H,3,15-18,20-21H2,1-2H3,(H,48,55). The Bertz CT molecular complexity index is 2780. The summed E-state index contributed by atoms with van der Waals surface area (Å²) >= 11 is 6.18. The van der Waals surface area contributed by atoms with E-state index >= 15 is 0 Å². The smallest absolute Gasteiger partial charge is 0.416 e. The number of aryl methyl sites for hydroxylation is 1. The zero-order chi connectivity index (χ0) is 41.4. The summed E-state index contributed by atoms with van der Waals surface area (Å²) in [4.78, 5) is 58.9. The number of furan rings is 1. The van der Waals surface area contributed by atoms with Gasteiger partial charge in [0.05, 0.1) is 33.2 Å². The Morgan fingerprint density at radius 2 is 1.73 bits per heavy atom. The first-order valence-corrected chi connectivity index (χ1v) is 19.0. The monoisotopic (exact) mass is 825 g/mol. The molecule has 1 aliphatic rings. The highest BCUT2D eigenvalue weighted by Crippen LogP contribution is 2.34. The number of anilines is 2. The van der Waals surface area contributed by atoms with E-state index < -0.39 is 29.8 Å². The van der Waals surface area contributed by atoms with E-state index in [-0.39, 0.29) is 84.6 Å². The van der Waals surface area contributed by atoms with Gasteiger partial charge in [-0.2, -0.15) is 22.7 Å². The molecule has 1 N–H and O–H groups in total. The summed E-state index contributed by atoms with van der Waals surface area (Å²) in [7, 11) is 0. The Morgan fingerprint density at radius 1 is 0.983 bits per heavy atom. The zero-order valence-electron chi connectivity index (χ0n) is 31.7. The molecule has 0 aliphatic carbocycles. The molecule has 18 heteroatoms. The van der Waals surface area contributed by atoms with Gasteiger partial charge in [-0.3, -0.25) is 14.4 Å². The van der Waals surface area contributed by atoms with Gasteiger partial charge in [-0.25, -0.2) is 9.97 Å². The fourth-order valence-corrected chi connectivity index (χ4v) is 7.35. The van der Waals surface area contributed by atoms with Crippen molar-refractivity contribution in [3.05, 3.63) is 129 Å². The van der Waals surface area contributed by atoms with Crippen LogP contribution < -0.4 is 20.5 Å². The topological polar surface area (TPSA) is 153 Å². The molecule has 1 aliphatic heterocycles. The van der Waals surface area contributed by atoms with Crippen molar-refractivity contribution in [3.8, 4) is 17.1 Å². The number of rotatable bonds is 10. The number of amides is 2. The van der Waals surface area contributed by atoms with Crippen LogP contribution in [-0.2, 0) is 30.5 Å². The molecule has 0 bridgehead atoms. The van der Waals surface area contributed by atoms with E-state index in [1.165, 1.54) is 12.6 Å². The minimum absolute atomic E-state index is 0.0275. The average Bonchev–Trinajstić information content (AvgIpc) is 3.87. The van der Waals surface area contributed by atoms with E-state index in [2.05, 4.69) is 20.4 Å². The molecule has 1 fully saturated rings.